The fourth-order valence-corrected chi connectivity index (χ4v) is 0.524. The monoisotopic (exact) mass is 192 g/mol. The van der Waals surface area contributed by atoms with Crippen LogP contribution in [0, 0.1) is 0 Å². The van der Waals surface area contributed by atoms with Crippen LogP contribution in [0.15, 0.2) is 24.3 Å². The minimum atomic E-state index is -3.50. The molecule has 0 spiro atoms. The largest absolute Gasteiger partial charge is 0.486 e. The SMILES string of the molecule is C/C=C\COC(F)(F)OC/C=C\C. The lowest BCUT2D eigenvalue weighted by Crippen LogP contribution is -2.25. The van der Waals surface area contributed by atoms with Gasteiger partial charge in [-0.1, -0.05) is 24.3 Å². The van der Waals surface area contributed by atoms with Crippen molar-refractivity contribution in [1.29, 1.82) is 0 Å². The van der Waals surface area contributed by atoms with Crippen molar-refractivity contribution >= 4 is 0 Å². The fraction of sp³-hybridized carbons (Fsp3) is 0.556. The topological polar surface area (TPSA) is 18.5 Å². The molecule has 0 aromatic heterocycles. The van der Waals surface area contributed by atoms with Crippen LogP contribution in [-0.2, 0) is 9.47 Å². The molecule has 0 atom stereocenters. The van der Waals surface area contributed by atoms with Gasteiger partial charge in [0.25, 0.3) is 0 Å². The summed E-state index contributed by atoms with van der Waals surface area (Å²) in [6, 6.07) is 0. The maximum Gasteiger partial charge on any atom is 0.486 e. The van der Waals surface area contributed by atoms with Crippen LogP contribution in [0.25, 0.3) is 0 Å². The van der Waals surface area contributed by atoms with Crippen LogP contribution in [0.5, 0.6) is 0 Å². The van der Waals surface area contributed by atoms with Gasteiger partial charge in [-0.15, -0.1) is 8.78 Å². The first kappa shape index (κ1) is 12.3. The Morgan fingerprint density at radius 1 is 1.00 bits per heavy atom. The Kier molecular flexibility index (Phi) is 6.36. The second-order valence-electron chi connectivity index (χ2n) is 2.22. The van der Waals surface area contributed by atoms with Gasteiger partial charge in [-0.05, 0) is 13.8 Å². The molecule has 0 heterocycles. The Hall–Kier alpha value is -0.740. The molecule has 0 aliphatic carbocycles. The molecule has 0 N–H and O–H groups in total. The number of rotatable bonds is 6. The molecule has 0 aliphatic heterocycles. The van der Waals surface area contributed by atoms with E-state index in [0.29, 0.717) is 0 Å². The van der Waals surface area contributed by atoms with Crippen molar-refractivity contribution in [3.8, 4) is 0 Å². The molecule has 0 radical (unpaired) electrons. The minimum Gasteiger partial charge on any atom is -0.292 e. The lowest BCUT2D eigenvalue weighted by atomic mass is 10.5. The second kappa shape index (κ2) is 6.74. The van der Waals surface area contributed by atoms with Gasteiger partial charge in [0.15, 0.2) is 0 Å². The van der Waals surface area contributed by atoms with E-state index >= 15 is 0 Å². The van der Waals surface area contributed by atoms with E-state index in [4.69, 9.17) is 0 Å². The van der Waals surface area contributed by atoms with Gasteiger partial charge in [-0.3, -0.25) is 9.47 Å². The second-order valence-corrected chi connectivity index (χ2v) is 2.22. The van der Waals surface area contributed by atoms with Crippen LogP contribution < -0.4 is 0 Å². The molecule has 13 heavy (non-hydrogen) atoms. The van der Waals surface area contributed by atoms with E-state index in [1.165, 1.54) is 12.2 Å². The van der Waals surface area contributed by atoms with E-state index in [9.17, 15) is 8.78 Å². The molecule has 0 aromatic carbocycles. The highest BCUT2D eigenvalue weighted by atomic mass is 19.3. The summed E-state index contributed by atoms with van der Waals surface area (Å²) >= 11 is 0. The summed E-state index contributed by atoms with van der Waals surface area (Å²) in [6.45, 7) is 3.14. The molecule has 0 saturated carbocycles. The normalized spacial score (nSPS) is 13.2. The molecule has 4 heteroatoms. The van der Waals surface area contributed by atoms with Crippen LogP contribution in [0.2, 0.25) is 0 Å². The van der Waals surface area contributed by atoms with E-state index in [-0.39, 0.29) is 13.2 Å². The molecule has 0 amide bonds. The minimum absolute atomic E-state index is 0.153. The summed E-state index contributed by atoms with van der Waals surface area (Å²) in [7, 11) is 0. The first-order chi connectivity index (χ1) is 6.12. The molecule has 0 rings (SSSR count). The zero-order valence-corrected chi connectivity index (χ0v) is 7.80. The third-order valence-corrected chi connectivity index (χ3v) is 1.17. The molecule has 0 saturated heterocycles. The summed E-state index contributed by atoms with van der Waals surface area (Å²) in [4.78, 5) is 0. The number of hydrogen-bond acceptors (Lipinski definition) is 2. The average Bonchev–Trinajstić information content (AvgIpc) is 2.05. The molecule has 76 valence electrons. The quantitative estimate of drug-likeness (QED) is 0.476. The van der Waals surface area contributed by atoms with Crippen LogP contribution >= 0.6 is 0 Å². The molecular formula is C9H14F2O2. The van der Waals surface area contributed by atoms with E-state index < -0.39 is 6.29 Å². The van der Waals surface area contributed by atoms with Gasteiger partial charge in [0.05, 0.1) is 13.2 Å². The Balaban J connectivity index is 3.65. The van der Waals surface area contributed by atoms with Gasteiger partial charge in [0.2, 0.25) is 0 Å². The van der Waals surface area contributed by atoms with Crippen molar-refractivity contribution in [2.75, 3.05) is 13.2 Å². The van der Waals surface area contributed by atoms with Crippen molar-refractivity contribution in [2.24, 2.45) is 0 Å². The number of ether oxygens (including phenoxy) is 2. The highest BCUT2D eigenvalue weighted by molar-refractivity contribution is 4.77. The summed E-state index contributed by atoms with van der Waals surface area (Å²) < 4.78 is 33.4. The van der Waals surface area contributed by atoms with Gasteiger partial charge in [0.1, 0.15) is 0 Å². The first-order valence-electron chi connectivity index (χ1n) is 4.00. The van der Waals surface area contributed by atoms with Crippen molar-refractivity contribution in [2.45, 2.75) is 20.1 Å². The van der Waals surface area contributed by atoms with Crippen molar-refractivity contribution < 1.29 is 18.3 Å². The summed E-state index contributed by atoms with van der Waals surface area (Å²) in [5.41, 5.74) is 0. The lowest BCUT2D eigenvalue weighted by Gasteiger charge is -2.14. The highest BCUT2D eigenvalue weighted by Gasteiger charge is 2.30. The van der Waals surface area contributed by atoms with E-state index in [0.717, 1.165) is 0 Å². The summed E-state index contributed by atoms with van der Waals surface area (Å²) in [6.07, 6.45) is 2.71. The zero-order valence-electron chi connectivity index (χ0n) is 7.80. The Labute approximate surface area is 76.8 Å². The van der Waals surface area contributed by atoms with Gasteiger partial charge < -0.3 is 0 Å². The third-order valence-electron chi connectivity index (χ3n) is 1.17. The average molecular weight is 192 g/mol. The van der Waals surface area contributed by atoms with Gasteiger partial charge in [0, 0.05) is 0 Å². The van der Waals surface area contributed by atoms with Crippen molar-refractivity contribution in [1.82, 2.24) is 0 Å². The van der Waals surface area contributed by atoms with E-state index in [1.807, 2.05) is 0 Å². The first-order valence-corrected chi connectivity index (χ1v) is 4.00. The Morgan fingerprint density at radius 2 is 1.38 bits per heavy atom. The van der Waals surface area contributed by atoms with Gasteiger partial charge in [-0.25, -0.2) is 0 Å². The number of allylic oxidation sites excluding steroid dienone is 2. The van der Waals surface area contributed by atoms with Crippen LogP contribution in [-0.4, -0.2) is 19.5 Å². The zero-order chi connectivity index (χ0) is 10.2. The molecule has 0 fully saturated rings. The maximum absolute atomic E-state index is 12.6. The smallest absolute Gasteiger partial charge is 0.292 e. The van der Waals surface area contributed by atoms with Gasteiger partial charge >= 0.3 is 6.29 Å². The van der Waals surface area contributed by atoms with Crippen molar-refractivity contribution in [3.63, 3.8) is 0 Å². The fourth-order valence-electron chi connectivity index (χ4n) is 0.524. The predicted octanol–water partition coefficient (Wildman–Crippen LogP) is 2.72. The van der Waals surface area contributed by atoms with Crippen LogP contribution in [0.1, 0.15) is 13.8 Å². The van der Waals surface area contributed by atoms with Crippen molar-refractivity contribution in [3.05, 3.63) is 24.3 Å². The highest BCUT2D eigenvalue weighted by Crippen LogP contribution is 2.16. The predicted molar refractivity (Wildman–Crippen MR) is 46.5 cm³/mol. The Morgan fingerprint density at radius 3 is 1.69 bits per heavy atom. The molecule has 0 aromatic rings. The number of hydrogen-bond donors (Lipinski definition) is 0. The third kappa shape index (κ3) is 7.62. The molecule has 0 bridgehead atoms. The maximum atomic E-state index is 12.6. The standard InChI is InChI=1S/C9H14F2O2/c1-3-5-7-12-9(10,11)13-8-6-4-2/h3-6H,7-8H2,1-2H3/b5-3-,6-4-. The number of alkyl halides is 2. The lowest BCUT2D eigenvalue weighted by molar-refractivity contribution is -0.385. The van der Waals surface area contributed by atoms with Crippen LogP contribution in [0.3, 0.4) is 0 Å². The van der Waals surface area contributed by atoms with Gasteiger partial charge in [-0.2, -0.15) is 0 Å². The van der Waals surface area contributed by atoms with E-state index in [2.05, 4.69) is 9.47 Å². The summed E-state index contributed by atoms with van der Waals surface area (Å²) in [5.74, 6) is 0. The molecule has 2 nitrogen and oxygen atoms in total. The van der Waals surface area contributed by atoms with Crippen LogP contribution in [0.4, 0.5) is 8.78 Å². The Bertz CT molecular complexity index is 158. The number of halogens is 2. The molecular weight excluding hydrogens is 178 g/mol. The van der Waals surface area contributed by atoms with E-state index in [1.54, 1.807) is 26.0 Å². The molecule has 0 unspecified atom stereocenters. The summed E-state index contributed by atoms with van der Waals surface area (Å²) in [5, 5.41) is 0. The molecule has 0 aliphatic rings.